The maximum Gasteiger partial charge on any atom is 0.140 e. The first kappa shape index (κ1) is 10.9. The van der Waals surface area contributed by atoms with E-state index in [1.165, 1.54) is 25.7 Å². The third kappa shape index (κ3) is 2.16. The number of anilines is 1. The fourth-order valence-corrected chi connectivity index (χ4v) is 2.39. The van der Waals surface area contributed by atoms with Gasteiger partial charge in [-0.25, -0.2) is 4.98 Å². The highest BCUT2D eigenvalue weighted by atomic mass is 15.2. The molecule has 16 heavy (non-hydrogen) atoms. The van der Waals surface area contributed by atoms with Gasteiger partial charge in [-0.15, -0.1) is 0 Å². The third-order valence-corrected chi connectivity index (χ3v) is 3.29. The van der Waals surface area contributed by atoms with Crippen LogP contribution in [0.5, 0.6) is 0 Å². The van der Waals surface area contributed by atoms with Gasteiger partial charge in [0.25, 0.3) is 0 Å². The molecule has 1 saturated heterocycles. The summed E-state index contributed by atoms with van der Waals surface area (Å²) < 4.78 is 0. The van der Waals surface area contributed by atoms with E-state index in [0.29, 0.717) is 11.7 Å². The molecule has 0 spiro atoms. The SMILES string of the molecule is CCC1CCCCN1c1ccc(C#N)nc1. The van der Waals surface area contributed by atoms with Gasteiger partial charge in [0.1, 0.15) is 11.8 Å². The molecular formula is C13H17N3. The quantitative estimate of drug-likeness (QED) is 0.761. The van der Waals surface area contributed by atoms with Gasteiger partial charge in [0.15, 0.2) is 0 Å². The van der Waals surface area contributed by atoms with Crippen molar-refractivity contribution in [2.45, 2.75) is 38.6 Å². The molecule has 0 N–H and O–H groups in total. The van der Waals surface area contributed by atoms with Crippen LogP contribution < -0.4 is 4.90 Å². The summed E-state index contributed by atoms with van der Waals surface area (Å²) in [5.41, 5.74) is 1.65. The molecule has 3 nitrogen and oxygen atoms in total. The Balaban J connectivity index is 2.18. The maximum atomic E-state index is 8.71. The molecule has 84 valence electrons. The van der Waals surface area contributed by atoms with Crippen molar-refractivity contribution >= 4 is 5.69 Å². The first-order valence-electron chi connectivity index (χ1n) is 5.98. The lowest BCUT2D eigenvalue weighted by atomic mass is 9.99. The van der Waals surface area contributed by atoms with Gasteiger partial charge < -0.3 is 4.90 Å². The van der Waals surface area contributed by atoms with Crippen LogP contribution in [0.4, 0.5) is 5.69 Å². The fraction of sp³-hybridized carbons (Fsp3) is 0.538. The first-order valence-corrected chi connectivity index (χ1v) is 5.98. The molecule has 1 atom stereocenters. The third-order valence-electron chi connectivity index (χ3n) is 3.29. The van der Waals surface area contributed by atoms with Gasteiger partial charge in [0.05, 0.1) is 11.9 Å². The lowest BCUT2D eigenvalue weighted by molar-refractivity contribution is 0.449. The van der Waals surface area contributed by atoms with Crippen LogP contribution in [0, 0.1) is 11.3 Å². The molecule has 1 fully saturated rings. The fourth-order valence-electron chi connectivity index (χ4n) is 2.39. The molecule has 0 saturated carbocycles. The number of nitrogens with zero attached hydrogens (tertiary/aromatic N) is 3. The predicted molar refractivity (Wildman–Crippen MR) is 64.2 cm³/mol. The molecule has 1 unspecified atom stereocenters. The lowest BCUT2D eigenvalue weighted by Gasteiger charge is -2.36. The number of pyridine rings is 1. The molecule has 2 heterocycles. The van der Waals surface area contributed by atoms with Gasteiger partial charge in [0, 0.05) is 12.6 Å². The zero-order valence-corrected chi connectivity index (χ0v) is 9.69. The molecule has 0 amide bonds. The van der Waals surface area contributed by atoms with Crippen LogP contribution in [-0.4, -0.2) is 17.6 Å². The van der Waals surface area contributed by atoms with Crippen molar-refractivity contribution < 1.29 is 0 Å². The Hall–Kier alpha value is -1.56. The summed E-state index contributed by atoms with van der Waals surface area (Å²) in [4.78, 5) is 6.57. The molecule has 0 radical (unpaired) electrons. The first-order chi connectivity index (χ1) is 7.85. The number of hydrogen-bond acceptors (Lipinski definition) is 3. The molecule has 0 aromatic carbocycles. The van der Waals surface area contributed by atoms with Gasteiger partial charge in [-0.05, 0) is 37.8 Å². The summed E-state index contributed by atoms with van der Waals surface area (Å²) >= 11 is 0. The van der Waals surface area contributed by atoms with Crippen molar-refractivity contribution in [2.75, 3.05) is 11.4 Å². The van der Waals surface area contributed by atoms with E-state index in [1.54, 1.807) is 6.07 Å². The highest BCUT2D eigenvalue weighted by Gasteiger charge is 2.20. The number of hydrogen-bond donors (Lipinski definition) is 0. The van der Waals surface area contributed by atoms with E-state index >= 15 is 0 Å². The van der Waals surface area contributed by atoms with Gasteiger partial charge in [-0.1, -0.05) is 6.92 Å². The summed E-state index contributed by atoms with van der Waals surface area (Å²) in [6, 6.07) is 6.51. The zero-order chi connectivity index (χ0) is 11.4. The molecule has 2 rings (SSSR count). The minimum atomic E-state index is 0.494. The van der Waals surface area contributed by atoms with Crippen molar-refractivity contribution in [3.63, 3.8) is 0 Å². The zero-order valence-electron chi connectivity index (χ0n) is 9.69. The average molecular weight is 215 g/mol. The minimum absolute atomic E-state index is 0.494. The largest absolute Gasteiger partial charge is 0.367 e. The van der Waals surface area contributed by atoms with Crippen LogP contribution in [0.25, 0.3) is 0 Å². The van der Waals surface area contributed by atoms with E-state index < -0.39 is 0 Å². The van der Waals surface area contributed by atoms with Crippen LogP contribution in [0.2, 0.25) is 0 Å². The molecule has 0 aliphatic carbocycles. The molecule has 1 aromatic rings. The van der Waals surface area contributed by atoms with E-state index in [2.05, 4.69) is 22.9 Å². The standard InChI is InChI=1S/C13H17N3/c1-2-12-5-3-4-8-16(12)13-7-6-11(9-14)15-10-13/h6-7,10,12H,2-5,8H2,1H3. The van der Waals surface area contributed by atoms with Crippen LogP contribution in [-0.2, 0) is 0 Å². The van der Waals surface area contributed by atoms with Crippen molar-refractivity contribution in [3.05, 3.63) is 24.0 Å². The van der Waals surface area contributed by atoms with Gasteiger partial charge in [0.2, 0.25) is 0 Å². The molecular weight excluding hydrogens is 198 g/mol. The Morgan fingerprint density at radius 2 is 2.38 bits per heavy atom. The Bertz CT molecular complexity index is 377. The Kier molecular flexibility index (Phi) is 3.40. The Morgan fingerprint density at radius 1 is 1.50 bits per heavy atom. The molecule has 0 bridgehead atoms. The monoisotopic (exact) mass is 215 g/mol. The topological polar surface area (TPSA) is 39.9 Å². The van der Waals surface area contributed by atoms with Gasteiger partial charge >= 0.3 is 0 Å². The summed E-state index contributed by atoms with van der Waals surface area (Å²) in [6.45, 7) is 3.35. The minimum Gasteiger partial charge on any atom is -0.367 e. The second-order valence-corrected chi connectivity index (χ2v) is 4.26. The summed E-state index contributed by atoms with van der Waals surface area (Å²) in [7, 11) is 0. The van der Waals surface area contributed by atoms with Crippen molar-refractivity contribution in [1.29, 1.82) is 5.26 Å². The average Bonchev–Trinajstić information content (AvgIpc) is 2.39. The van der Waals surface area contributed by atoms with E-state index in [9.17, 15) is 0 Å². The highest BCUT2D eigenvalue weighted by Crippen LogP contribution is 2.25. The molecule has 1 aromatic heterocycles. The van der Waals surface area contributed by atoms with E-state index in [1.807, 2.05) is 12.3 Å². The van der Waals surface area contributed by atoms with E-state index in [-0.39, 0.29) is 0 Å². The number of rotatable bonds is 2. The summed E-state index contributed by atoms with van der Waals surface area (Å²) in [6.07, 6.45) is 6.87. The van der Waals surface area contributed by atoms with Crippen LogP contribution in [0.15, 0.2) is 18.3 Å². The number of aromatic nitrogens is 1. The summed E-state index contributed by atoms with van der Waals surface area (Å²) in [5.74, 6) is 0. The highest BCUT2D eigenvalue weighted by molar-refractivity contribution is 5.47. The number of nitriles is 1. The lowest BCUT2D eigenvalue weighted by Crippen LogP contribution is -2.39. The Morgan fingerprint density at radius 3 is 3.00 bits per heavy atom. The molecule has 3 heteroatoms. The van der Waals surface area contributed by atoms with Crippen molar-refractivity contribution in [3.8, 4) is 6.07 Å². The Labute approximate surface area is 96.7 Å². The predicted octanol–water partition coefficient (Wildman–Crippen LogP) is 2.72. The van der Waals surface area contributed by atoms with E-state index in [4.69, 9.17) is 5.26 Å². The van der Waals surface area contributed by atoms with Crippen LogP contribution in [0.1, 0.15) is 38.3 Å². The molecule has 1 aliphatic heterocycles. The van der Waals surface area contributed by atoms with Crippen molar-refractivity contribution in [1.82, 2.24) is 4.98 Å². The van der Waals surface area contributed by atoms with Crippen LogP contribution in [0.3, 0.4) is 0 Å². The second-order valence-electron chi connectivity index (χ2n) is 4.26. The smallest absolute Gasteiger partial charge is 0.140 e. The second kappa shape index (κ2) is 4.98. The normalized spacial score (nSPS) is 20.5. The van der Waals surface area contributed by atoms with Gasteiger partial charge in [-0.3, -0.25) is 0 Å². The van der Waals surface area contributed by atoms with E-state index in [0.717, 1.165) is 12.2 Å². The van der Waals surface area contributed by atoms with Gasteiger partial charge in [-0.2, -0.15) is 5.26 Å². The number of piperidine rings is 1. The maximum absolute atomic E-state index is 8.71. The van der Waals surface area contributed by atoms with Crippen LogP contribution >= 0.6 is 0 Å². The molecule has 1 aliphatic rings. The summed E-state index contributed by atoms with van der Waals surface area (Å²) in [5, 5.41) is 8.71. The van der Waals surface area contributed by atoms with Crippen molar-refractivity contribution in [2.24, 2.45) is 0 Å².